The molecule has 0 aliphatic carbocycles. The Morgan fingerprint density at radius 1 is 1.53 bits per heavy atom. The molecule has 3 nitrogen and oxygen atoms in total. The van der Waals surface area contributed by atoms with Crippen molar-refractivity contribution < 1.29 is 14.3 Å². The van der Waals surface area contributed by atoms with E-state index in [1.54, 1.807) is 12.1 Å². The van der Waals surface area contributed by atoms with Gasteiger partial charge in [-0.25, -0.2) is 4.39 Å². The maximum atomic E-state index is 13.0. The molecule has 82 valence electrons. The van der Waals surface area contributed by atoms with Crippen LogP contribution in [-0.2, 0) is 4.79 Å². The lowest BCUT2D eigenvalue weighted by Gasteiger charge is -2.05. The van der Waals surface area contributed by atoms with Crippen LogP contribution >= 0.6 is 15.9 Å². The van der Waals surface area contributed by atoms with Crippen molar-refractivity contribution in [2.75, 3.05) is 11.9 Å². The summed E-state index contributed by atoms with van der Waals surface area (Å²) >= 11 is 3.05. The fraction of sp³-hybridized carbons (Fsp3) is 0.300. The van der Waals surface area contributed by atoms with Crippen LogP contribution in [0.25, 0.3) is 0 Å². The lowest BCUT2D eigenvalue weighted by Crippen LogP contribution is -2.04. The molecule has 0 fully saturated rings. The Morgan fingerprint density at radius 2 is 2.27 bits per heavy atom. The molecule has 1 aromatic rings. The molecule has 0 radical (unpaired) electrons. The number of rotatable bonds is 5. The zero-order chi connectivity index (χ0) is 11.3. The monoisotopic (exact) mass is 275 g/mol. The predicted molar refractivity (Wildman–Crippen MR) is 59.5 cm³/mol. The molecule has 0 amide bonds. The molecule has 0 saturated heterocycles. The van der Waals surface area contributed by atoms with Crippen molar-refractivity contribution in [2.45, 2.75) is 12.8 Å². The van der Waals surface area contributed by atoms with Gasteiger partial charge in [0.2, 0.25) is 0 Å². The van der Waals surface area contributed by atoms with Crippen LogP contribution in [0.3, 0.4) is 0 Å². The standard InChI is InChI=1S/C10H11BrFNO2/c11-8-4-3-7(6-9(8)12)13-5-1-2-10(14)15/h3-4,6,13H,1-2,5H2,(H,14,15). The maximum absolute atomic E-state index is 13.0. The van der Waals surface area contributed by atoms with Crippen LogP contribution in [0.4, 0.5) is 10.1 Å². The maximum Gasteiger partial charge on any atom is 0.303 e. The number of hydrogen-bond acceptors (Lipinski definition) is 2. The molecule has 2 N–H and O–H groups in total. The van der Waals surface area contributed by atoms with Crippen LogP contribution in [0.1, 0.15) is 12.8 Å². The van der Waals surface area contributed by atoms with Gasteiger partial charge in [-0.2, -0.15) is 0 Å². The molecular weight excluding hydrogens is 265 g/mol. The van der Waals surface area contributed by atoms with E-state index in [-0.39, 0.29) is 12.2 Å². The number of aliphatic carboxylic acids is 1. The molecule has 0 unspecified atom stereocenters. The third kappa shape index (κ3) is 4.29. The molecular formula is C10H11BrFNO2. The first kappa shape index (κ1) is 12.0. The highest BCUT2D eigenvalue weighted by Crippen LogP contribution is 2.19. The van der Waals surface area contributed by atoms with E-state index in [0.717, 1.165) is 0 Å². The molecule has 0 heterocycles. The fourth-order valence-electron chi connectivity index (χ4n) is 1.08. The number of carbonyl (C=O) groups is 1. The van der Waals surface area contributed by atoms with Gasteiger partial charge >= 0.3 is 5.97 Å². The summed E-state index contributed by atoms with van der Waals surface area (Å²) in [4.78, 5) is 10.2. The first-order valence-corrected chi connectivity index (χ1v) is 5.29. The second-order valence-corrected chi connectivity index (χ2v) is 3.91. The Bertz CT molecular complexity index is 357. The summed E-state index contributed by atoms with van der Waals surface area (Å²) in [6, 6.07) is 4.70. The summed E-state index contributed by atoms with van der Waals surface area (Å²) in [5, 5.41) is 11.3. The molecule has 0 aromatic heterocycles. The van der Waals surface area contributed by atoms with E-state index in [4.69, 9.17) is 5.11 Å². The van der Waals surface area contributed by atoms with E-state index < -0.39 is 5.97 Å². The van der Waals surface area contributed by atoms with Crippen molar-refractivity contribution in [3.63, 3.8) is 0 Å². The number of hydrogen-bond donors (Lipinski definition) is 2. The molecule has 0 aliphatic rings. The minimum Gasteiger partial charge on any atom is -0.481 e. The SMILES string of the molecule is O=C(O)CCCNc1ccc(Br)c(F)c1. The number of carboxylic acid groups (broad SMARTS) is 1. The van der Waals surface area contributed by atoms with Crippen LogP contribution in [0.5, 0.6) is 0 Å². The second-order valence-electron chi connectivity index (χ2n) is 3.05. The minimum atomic E-state index is -0.821. The van der Waals surface area contributed by atoms with Gasteiger partial charge in [0.15, 0.2) is 0 Å². The first-order chi connectivity index (χ1) is 7.09. The van der Waals surface area contributed by atoms with Gasteiger partial charge in [0.05, 0.1) is 4.47 Å². The summed E-state index contributed by atoms with van der Waals surface area (Å²) in [5.74, 6) is -1.16. The van der Waals surface area contributed by atoms with Crippen LogP contribution in [-0.4, -0.2) is 17.6 Å². The molecule has 0 bridgehead atoms. The summed E-state index contributed by atoms with van der Waals surface area (Å²) in [5.41, 5.74) is 0.654. The van der Waals surface area contributed by atoms with Crippen LogP contribution < -0.4 is 5.32 Å². The summed E-state index contributed by atoms with van der Waals surface area (Å²) in [6.07, 6.45) is 0.638. The predicted octanol–water partition coefficient (Wildman–Crippen LogP) is 2.86. The molecule has 0 spiro atoms. The van der Waals surface area contributed by atoms with Crippen molar-refractivity contribution >= 4 is 27.6 Å². The lowest BCUT2D eigenvalue weighted by molar-refractivity contribution is -0.137. The molecule has 1 rings (SSSR count). The van der Waals surface area contributed by atoms with Crippen molar-refractivity contribution in [3.05, 3.63) is 28.5 Å². The second kappa shape index (κ2) is 5.70. The Hall–Kier alpha value is -1.10. The van der Waals surface area contributed by atoms with E-state index >= 15 is 0 Å². The summed E-state index contributed by atoms with van der Waals surface area (Å²) in [6.45, 7) is 0.521. The van der Waals surface area contributed by atoms with Crippen molar-refractivity contribution in [2.24, 2.45) is 0 Å². The molecule has 0 atom stereocenters. The average Bonchev–Trinajstić information content (AvgIpc) is 2.18. The largest absolute Gasteiger partial charge is 0.481 e. The number of nitrogens with one attached hydrogen (secondary N) is 1. The van der Waals surface area contributed by atoms with Crippen molar-refractivity contribution in [1.82, 2.24) is 0 Å². The number of carboxylic acids is 1. The van der Waals surface area contributed by atoms with E-state index in [0.29, 0.717) is 23.1 Å². The van der Waals surface area contributed by atoms with Gasteiger partial charge < -0.3 is 10.4 Å². The van der Waals surface area contributed by atoms with Gasteiger partial charge in [-0.3, -0.25) is 4.79 Å². The lowest BCUT2D eigenvalue weighted by atomic mass is 10.3. The van der Waals surface area contributed by atoms with Gasteiger partial charge in [-0.1, -0.05) is 0 Å². The Balaban J connectivity index is 2.38. The summed E-state index contributed by atoms with van der Waals surface area (Å²) in [7, 11) is 0. The van der Waals surface area contributed by atoms with Crippen LogP contribution in [0.2, 0.25) is 0 Å². The van der Waals surface area contributed by atoms with E-state index in [1.807, 2.05) is 0 Å². The quantitative estimate of drug-likeness (QED) is 0.813. The normalized spacial score (nSPS) is 10.0. The highest BCUT2D eigenvalue weighted by molar-refractivity contribution is 9.10. The average molecular weight is 276 g/mol. The minimum absolute atomic E-state index is 0.117. The smallest absolute Gasteiger partial charge is 0.303 e. The molecule has 0 aliphatic heterocycles. The number of halogens is 2. The van der Waals surface area contributed by atoms with Gasteiger partial charge in [-0.05, 0) is 40.5 Å². The Labute approximate surface area is 95.4 Å². The highest BCUT2D eigenvalue weighted by Gasteiger charge is 2.00. The van der Waals surface area contributed by atoms with E-state index in [1.165, 1.54) is 6.07 Å². The van der Waals surface area contributed by atoms with Crippen LogP contribution in [0.15, 0.2) is 22.7 Å². The zero-order valence-electron chi connectivity index (χ0n) is 7.96. The Morgan fingerprint density at radius 3 is 2.87 bits per heavy atom. The molecule has 0 saturated carbocycles. The highest BCUT2D eigenvalue weighted by atomic mass is 79.9. The fourth-order valence-corrected chi connectivity index (χ4v) is 1.33. The summed E-state index contributed by atoms with van der Waals surface area (Å²) < 4.78 is 13.5. The van der Waals surface area contributed by atoms with Gasteiger partial charge in [0.25, 0.3) is 0 Å². The number of anilines is 1. The van der Waals surface area contributed by atoms with Crippen LogP contribution in [0, 0.1) is 5.82 Å². The molecule has 15 heavy (non-hydrogen) atoms. The number of benzene rings is 1. The third-order valence-electron chi connectivity index (χ3n) is 1.82. The topological polar surface area (TPSA) is 49.3 Å². The van der Waals surface area contributed by atoms with Gasteiger partial charge in [0, 0.05) is 18.7 Å². The molecule has 1 aromatic carbocycles. The first-order valence-electron chi connectivity index (χ1n) is 4.50. The van der Waals surface area contributed by atoms with Gasteiger partial charge in [0.1, 0.15) is 5.82 Å². The molecule has 5 heteroatoms. The van der Waals surface area contributed by atoms with Gasteiger partial charge in [-0.15, -0.1) is 0 Å². The van der Waals surface area contributed by atoms with E-state index in [2.05, 4.69) is 21.2 Å². The zero-order valence-corrected chi connectivity index (χ0v) is 9.55. The van der Waals surface area contributed by atoms with Crippen molar-refractivity contribution in [1.29, 1.82) is 0 Å². The third-order valence-corrected chi connectivity index (χ3v) is 2.46. The van der Waals surface area contributed by atoms with E-state index in [9.17, 15) is 9.18 Å². The van der Waals surface area contributed by atoms with Crippen molar-refractivity contribution in [3.8, 4) is 0 Å². The Kier molecular flexibility index (Phi) is 4.55.